The summed E-state index contributed by atoms with van der Waals surface area (Å²) in [6.45, 7) is -0.661. The van der Waals surface area contributed by atoms with E-state index in [1.807, 2.05) is 30.3 Å². The second-order valence-electron chi connectivity index (χ2n) is 12.2. The zero-order valence-electron chi connectivity index (χ0n) is 28.1. The number of hydrogen-bond acceptors (Lipinski definition) is 6. The molecule has 0 aliphatic heterocycles. The molecule has 1 atom stereocenters. The molecule has 1 saturated carbocycles. The number of benzene rings is 4. The SMILES string of the molecule is COc1ccc(S(=O)(=O)N(CC(=O)N(Cc2ccc(Cl)c(Cl)c2)C(Cc2ccccc2)C(=O)NC2CCCCC2)c2ccccc2OC)cc1. The highest BCUT2D eigenvalue weighted by molar-refractivity contribution is 7.92. The highest BCUT2D eigenvalue weighted by atomic mass is 35.5. The number of anilines is 1. The molecule has 9 nitrogen and oxygen atoms in total. The number of carbonyl (C=O) groups is 2. The molecule has 1 aliphatic carbocycles. The van der Waals surface area contributed by atoms with Gasteiger partial charge < -0.3 is 19.7 Å². The van der Waals surface area contributed by atoms with Crippen LogP contribution in [0.15, 0.2) is 102 Å². The molecule has 264 valence electrons. The number of halogens is 2. The number of nitrogens with one attached hydrogen (secondary N) is 1. The summed E-state index contributed by atoms with van der Waals surface area (Å²) in [5.74, 6) is -0.177. The fraction of sp³-hybridized carbons (Fsp3) is 0.316. The molecule has 1 N–H and O–H groups in total. The first kappa shape index (κ1) is 37.0. The molecule has 0 heterocycles. The summed E-state index contributed by atoms with van der Waals surface area (Å²) >= 11 is 12.6. The molecule has 0 aromatic heterocycles. The second-order valence-corrected chi connectivity index (χ2v) is 14.9. The average molecular weight is 739 g/mol. The molecule has 1 aliphatic rings. The number of para-hydroxylation sites is 2. The van der Waals surface area contributed by atoms with Crippen molar-refractivity contribution in [2.24, 2.45) is 0 Å². The predicted octanol–water partition coefficient (Wildman–Crippen LogP) is 7.29. The molecular formula is C38H41Cl2N3O6S. The Balaban J connectivity index is 1.59. The van der Waals surface area contributed by atoms with Crippen LogP contribution >= 0.6 is 23.2 Å². The van der Waals surface area contributed by atoms with E-state index in [-0.39, 0.29) is 41.2 Å². The van der Waals surface area contributed by atoms with Crippen LogP contribution < -0.4 is 19.1 Å². The second kappa shape index (κ2) is 17.1. The quantitative estimate of drug-likeness (QED) is 0.146. The summed E-state index contributed by atoms with van der Waals surface area (Å²) in [5, 5.41) is 3.84. The van der Waals surface area contributed by atoms with Crippen molar-refractivity contribution in [1.29, 1.82) is 0 Å². The molecule has 4 aromatic carbocycles. The Morgan fingerprint density at radius 2 is 1.50 bits per heavy atom. The molecule has 5 rings (SSSR count). The summed E-state index contributed by atoms with van der Waals surface area (Å²) in [6, 6.07) is 26.0. The van der Waals surface area contributed by atoms with Gasteiger partial charge >= 0.3 is 0 Å². The minimum absolute atomic E-state index is 0.0167. The molecule has 0 radical (unpaired) electrons. The van der Waals surface area contributed by atoms with E-state index in [0.29, 0.717) is 21.4 Å². The number of carbonyl (C=O) groups excluding carboxylic acids is 2. The first-order valence-corrected chi connectivity index (χ1v) is 18.7. The monoisotopic (exact) mass is 737 g/mol. The van der Waals surface area contributed by atoms with Crippen LogP contribution in [0.4, 0.5) is 5.69 Å². The van der Waals surface area contributed by atoms with Gasteiger partial charge in [-0.05, 0) is 72.5 Å². The standard InChI is InChI=1S/C38H41Cl2N3O6S/c1-48-30-18-20-31(21-19-30)50(46,47)43(34-15-9-10-16-36(34)49-2)26-37(44)42(25-28-17-22-32(39)33(40)23-28)35(24-27-11-5-3-6-12-27)38(45)41-29-13-7-4-8-14-29/h3,5-6,9-12,15-23,29,35H,4,7-8,13-14,24-26H2,1-2H3,(H,41,45). The molecule has 12 heteroatoms. The number of rotatable bonds is 14. The molecule has 2 amide bonds. The highest BCUT2D eigenvalue weighted by Crippen LogP contribution is 2.33. The number of nitrogens with zero attached hydrogens (tertiary/aromatic N) is 2. The third-order valence-corrected chi connectivity index (χ3v) is 11.4. The largest absolute Gasteiger partial charge is 0.497 e. The van der Waals surface area contributed by atoms with Crippen LogP contribution in [-0.2, 0) is 32.6 Å². The van der Waals surface area contributed by atoms with E-state index in [1.165, 1.54) is 43.4 Å². The summed E-state index contributed by atoms with van der Waals surface area (Å²) in [5.41, 5.74) is 1.63. The molecule has 50 heavy (non-hydrogen) atoms. The van der Waals surface area contributed by atoms with E-state index >= 15 is 0 Å². The van der Waals surface area contributed by atoms with Crippen molar-refractivity contribution in [2.45, 2.75) is 62.0 Å². The van der Waals surface area contributed by atoms with Gasteiger partial charge in [0.1, 0.15) is 24.1 Å². The maximum Gasteiger partial charge on any atom is 0.264 e. The van der Waals surface area contributed by atoms with E-state index in [4.69, 9.17) is 32.7 Å². The summed E-state index contributed by atoms with van der Waals surface area (Å²) in [7, 11) is -1.42. The van der Waals surface area contributed by atoms with Crippen LogP contribution in [-0.4, -0.2) is 58.0 Å². The molecule has 0 saturated heterocycles. The topological polar surface area (TPSA) is 105 Å². The number of hydrogen-bond donors (Lipinski definition) is 1. The Bertz CT molecular complexity index is 1870. The van der Waals surface area contributed by atoms with Crippen molar-refractivity contribution in [2.75, 3.05) is 25.1 Å². The minimum Gasteiger partial charge on any atom is -0.497 e. The number of sulfonamides is 1. The fourth-order valence-corrected chi connectivity index (χ4v) is 7.90. The Kier molecular flexibility index (Phi) is 12.7. The maximum absolute atomic E-state index is 14.8. The van der Waals surface area contributed by atoms with Gasteiger partial charge in [-0.1, -0.05) is 91.0 Å². The molecule has 4 aromatic rings. The normalized spacial score (nSPS) is 14.0. The van der Waals surface area contributed by atoms with E-state index in [9.17, 15) is 18.0 Å². The first-order chi connectivity index (χ1) is 24.1. The summed E-state index contributed by atoms with van der Waals surface area (Å²) in [6.07, 6.45) is 5.04. The Morgan fingerprint density at radius 3 is 2.16 bits per heavy atom. The lowest BCUT2D eigenvalue weighted by Gasteiger charge is -2.35. The van der Waals surface area contributed by atoms with Crippen molar-refractivity contribution in [3.8, 4) is 11.5 Å². The number of amides is 2. The zero-order chi connectivity index (χ0) is 35.7. The van der Waals surface area contributed by atoms with Crippen molar-refractivity contribution in [3.63, 3.8) is 0 Å². The van der Waals surface area contributed by atoms with E-state index in [0.717, 1.165) is 42.0 Å². The molecule has 1 fully saturated rings. The molecular weight excluding hydrogens is 697 g/mol. The Labute approximate surface area is 304 Å². The maximum atomic E-state index is 14.8. The van der Waals surface area contributed by atoms with Crippen LogP contribution in [0.25, 0.3) is 0 Å². The van der Waals surface area contributed by atoms with E-state index in [1.54, 1.807) is 42.5 Å². The highest BCUT2D eigenvalue weighted by Gasteiger charge is 2.36. The smallest absolute Gasteiger partial charge is 0.264 e. The zero-order valence-corrected chi connectivity index (χ0v) is 30.4. The van der Waals surface area contributed by atoms with Gasteiger partial charge in [0.15, 0.2) is 0 Å². The fourth-order valence-electron chi connectivity index (χ4n) is 6.16. The van der Waals surface area contributed by atoms with E-state index in [2.05, 4.69) is 5.32 Å². The predicted molar refractivity (Wildman–Crippen MR) is 196 cm³/mol. The van der Waals surface area contributed by atoms with Crippen LogP contribution in [0.5, 0.6) is 11.5 Å². The van der Waals surface area contributed by atoms with E-state index < -0.39 is 28.5 Å². The molecule has 1 unspecified atom stereocenters. The number of methoxy groups -OCH3 is 2. The lowest BCUT2D eigenvalue weighted by atomic mass is 9.94. The minimum atomic E-state index is -4.34. The molecule has 0 bridgehead atoms. The van der Waals surface area contributed by atoms with Gasteiger partial charge in [-0.2, -0.15) is 0 Å². The summed E-state index contributed by atoms with van der Waals surface area (Å²) < 4.78 is 40.6. The van der Waals surface area contributed by atoms with Gasteiger partial charge in [-0.25, -0.2) is 8.42 Å². The van der Waals surface area contributed by atoms with Gasteiger partial charge in [-0.15, -0.1) is 0 Å². The van der Waals surface area contributed by atoms with Crippen molar-refractivity contribution in [1.82, 2.24) is 10.2 Å². The van der Waals surface area contributed by atoms with Crippen LogP contribution in [0.2, 0.25) is 10.0 Å². The van der Waals surface area contributed by atoms with Crippen LogP contribution in [0, 0.1) is 0 Å². The molecule has 0 spiro atoms. The van der Waals surface area contributed by atoms with Gasteiger partial charge in [0.2, 0.25) is 11.8 Å². The number of ether oxygens (including phenoxy) is 2. The lowest BCUT2D eigenvalue weighted by molar-refractivity contribution is -0.140. The van der Waals surface area contributed by atoms with Crippen molar-refractivity contribution in [3.05, 3.63) is 118 Å². The third-order valence-electron chi connectivity index (χ3n) is 8.84. The average Bonchev–Trinajstić information content (AvgIpc) is 3.14. The Morgan fingerprint density at radius 1 is 0.820 bits per heavy atom. The van der Waals surface area contributed by atoms with Crippen LogP contribution in [0.1, 0.15) is 43.2 Å². The van der Waals surface area contributed by atoms with Gasteiger partial charge in [-0.3, -0.25) is 13.9 Å². The Hall–Kier alpha value is -4.25. The lowest BCUT2D eigenvalue weighted by Crippen LogP contribution is -2.55. The first-order valence-electron chi connectivity index (χ1n) is 16.5. The van der Waals surface area contributed by atoms with Crippen molar-refractivity contribution >= 4 is 50.7 Å². The van der Waals surface area contributed by atoms with Gasteiger partial charge in [0.25, 0.3) is 10.0 Å². The third kappa shape index (κ3) is 9.10. The van der Waals surface area contributed by atoms with Gasteiger partial charge in [0, 0.05) is 19.0 Å². The van der Waals surface area contributed by atoms with Crippen LogP contribution in [0.3, 0.4) is 0 Å². The van der Waals surface area contributed by atoms with Gasteiger partial charge in [0.05, 0.1) is 34.8 Å². The summed E-state index contributed by atoms with van der Waals surface area (Å²) in [4.78, 5) is 30.5. The van der Waals surface area contributed by atoms with Crippen molar-refractivity contribution < 1.29 is 27.5 Å².